The molecule has 1 saturated heterocycles. The minimum absolute atomic E-state index is 0.184. The fraction of sp³-hybridized carbons (Fsp3) is 0.500. The number of piperidine rings is 1. The number of carbonyl (C=O) groups excluding carboxylic acids is 1. The molecule has 1 atom stereocenters. The molecule has 1 amide bonds. The van der Waals surface area contributed by atoms with Crippen molar-refractivity contribution in [3.8, 4) is 0 Å². The predicted molar refractivity (Wildman–Crippen MR) is 86.1 cm³/mol. The Hall–Kier alpha value is -1.77. The second-order valence-electron chi connectivity index (χ2n) is 6.69. The zero-order chi connectivity index (χ0) is 15.5. The molecule has 2 rings (SSSR count). The van der Waals surface area contributed by atoms with Crippen molar-refractivity contribution in [2.24, 2.45) is 0 Å². The lowest BCUT2D eigenvalue weighted by Gasteiger charge is -2.36. The van der Waals surface area contributed by atoms with Gasteiger partial charge in [-0.1, -0.05) is 42.0 Å². The number of carbonyl (C=O) groups is 1. The maximum atomic E-state index is 12.2. The third-order valence-electron chi connectivity index (χ3n) is 3.56. The summed E-state index contributed by atoms with van der Waals surface area (Å²) < 4.78 is 5.47. The number of likely N-dealkylation sites (tertiary alicyclic amines) is 1. The van der Waals surface area contributed by atoms with E-state index >= 15 is 0 Å². The first-order valence-electron chi connectivity index (χ1n) is 7.59. The predicted octanol–water partition coefficient (Wildman–Crippen LogP) is 4.49. The van der Waals surface area contributed by atoms with Crippen molar-refractivity contribution < 1.29 is 9.53 Å². The van der Waals surface area contributed by atoms with E-state index in [0.717, 1.165) is 19.4 Å². The lowest BCUT2D eigenvalue weighted by atomic mass is 9.96. The second kappa shape index (κ2) is 6.33. The van der Waals surface area contributed by atoms with Gasteiger partial charge >= 0.3 is 6.09 Å². The highest BCUT2D eigenvalue weighted by Crippen LogP contribution is 2.25. The van der Waals surface area contributed by atoms with Gasteiger partial charge in [0.1, 0.15) is 5.60 Å². The number of amides is 1. The maximum absolute atomic E-state index is 12.2. The zero-order valence-corrected chi connectivity index (χ0v) is 13.4. The van der Waals surface area contributed by atoms with E-state index in [0.29, 0.717) is 0 Å². The molecule has 1 aromatic carbocycles. The number of hydrogen-bond acceptors (Lipinski definition) is 2. The van der Waals surface area contributed by atoms with Crippen molar-refractivity contribution in [3.63, 3.8) is 0 Å². The quantitative estimate of drug-likeness (QED) is 0.761. The van der Waals surface area contributed by atoms with Crippen LogP contribution < -0.4 is 0 Å². The summed E-state index contributed by atoms with van der Waals surface area (Å²) in [7, 11) is 0. The Morgan fingerprint density at radius 2 is 1.95 bits per heavy atom. The summed E-state index contributed by atoms with van der Waals surface area (Å²) in [6.07, 6.45) is 3.86. The third-order valence-corrected chi connectivity index (χ3v) is 3.56. The Morgan fingerprint density at radius 1 is 1.29 bits per heavy atom. The van der Waals surface area contributed by atoms with Crippen LogP contribution in [0.1, 0.15) is 46.1 Å². The first-order chi connectivity index (χ1) is 9.85. The Bertz CT molecular complexity index is 514. The highest BCUT2D eigenvalue weighted by Gasteiger charge is 2.29. The van der Waals surface area contributed by atoms with Gasteiger partial charge in [-0.25, -0.2) is 4.79 Å². The molecule has 1 unspecified atom stereocenters. The zero-order valence-electron chi connectivity index (χ0n) is 13.4. The van der Waals surface area contributed by atoms with Crippen LogP contribution in [0.2, 0.25) is 0 Å². The first-order valence-corrected chi connectivity index (χ1v) is 7.59. The van der Waals surface area contributed by atoms with Crippen molar-refractivity contribution in [2.75, 3.05) is 6.54 Å². The van der Waals surface area contributed by atoms with Gasteiger partial charge in [0, 0.05) is 12.6 Å². The third kappa shape index (κ3) is 4.62. The molecule has 0 bridgehead atoms. The van der Waals surface area contributed by atoms with E-state index < -0.39 is 5.60 Å². The lowest BCUT2D eigenvalue weighted by Crippen LogP contribution is -2.45. The minimum atomic E-state index is -0.434. The topological polar surface area (TPSA) is 29.5 Å². The molecule has 114 valence electrons. The van der Waals surface area contributed by atoms with E-state index in [2.05, 4.69) is 25.1 Å². The summed E-state index contributed by atoms with van der Waals surface area (Å²) in [6.45, 7) is 8.53. The van der Waals surface area contributed by atoms with Gasteiger partial charge in [-0.2, -0.15) is 0 Å². The molecule has 1 aliphatic heterocycles. The molecular weight excluding hydrogens is 262 g/mol. The standard InChI is InChI=1S/C18H25NO2/c1-14-12-16(13-15-8-6-5-7-9-15)10-11-19(14)17(20)21-18(2,3)4/h5-9,13-14H,10-12H2,1-4H3/b16-13+. The molecule has 1 heterocycles. The summed E-state index contributed by atoms with van der Waals surface area (Å²) in [5.41, 5.74) is 2.19. The Morgan fingerprint density at radius 3 is 2.52 bits per heavy atom. The molecule has 0 N–H and O–H groups in total. The molecule has 21 heavy (non-hydrogen) atoms. The van der Waals surface area contributed by atoms with Crippen LogP contribution in [0.4, 0.5) is 4.79 Å². The van der Waals surface area contributed by atoms with E-state index in [1.807, 2.05) is 43.9 Å². The van der Waals surface area contributed by atoms with E-state index in [-0.39, 0.29) is 12.1 Å². The average Bonchev–Trinajstić information content (AvgIpc) is 2.37. The summed E-state index contributed by atoms with van der Waals surface area (Å²) >= 11 is 0. The van der Waals surface area contributed by atoms with E-state index in [9.17, 15) is 4.79 Å². The lowest BCUT2D eigenvalue weighted by molar-refractivity contribution is 0.0153. The molecule has 0 aromatic heterocycles. The Balaban J connectivity index is 1.99. The average molecular weight is 287 g/mol. The van der Waals surface area contributed by atoms with Gasteiger partial charge in [-0.05, 0) is 46.1 Å². The number of rotatable bonds is 1. The van der Waals surface area contributed by atoms with Gasteiger partial charge in [0.25, 0.3) is 0 Å². The molecule has 1 fully saturated rings. The van der Waals surface area contributed by atoms with Gasteiger partial charge in [0.05, 0.1) is 0 Å². The first kappa shape index (κ1) is 15.6. The number of nitrogens with zero attached hydrogens (tertiary/aromatic N) is 1. The molecule has 3 nitrogen and oxygen atoms in total. The van der Waals surface area contributed by atoms with Crippen molar-refractivity contribution in [2.45, 2.75) is 52.2 Å². The van der Waals surface area contributed by atoms with Crippen LogP contribution in [0, 0.1) is 0 Å². The molecule has 0 spiro atoms. The fourth-order valence-corrected chi connectivity index (χ4v) is 2.58. The van der Waals surface area contributed by atoms with Crippen LogP contribution in [0.5, 0.6) is 0 Å². The number of hydrogen-bond donors (Lipinski definition) is 0. The Kier molecular flexibility index (Phi) is 4.71. The van der Waals surface area contributed by atoms with Crippen LogP contribution >= 0.6 is 0 Å². The van der Waals surface area contributed by atoms with Gasteiger partial charge < -0.3 is 9.64 Å². The van der Waals surface area contributed by atoms with Crippen LogP contribution in [0.25, 0.3) is 6.08 Å². The summed E-state index contributed by atoms with van der Waals surface area (Å²) in [4.78, 5) is 14.0. The summed E-state index contributed by atoms with van der Waals surface area (Å²) in [5.74, 6) is 0. The van der Waals surface area contributed by atoms with Crippen molar-refractivity contribution in [1.82, 2.24) is 4.90 Å². The number of benzene rings is 1. The minimum Gasteiger partial charge on any atom is -0.444 e. The van der Waals surface area contributed by atoms with Gasteiger partial charge in [0.15, 0.2) is 0 Å². The van der Waals surface area contributed by atoms with Crippen LogP contribution in [-0.4, -0.2) is 29.2 Å². The molecule has 0 aliphatic carbocycles. The van der Waals surface area contributed by atoms with Crippen molar-refractivity contribution in [1.29, 1.82) is 0 Å². The molecule has 0 radical (unpaired) electrons. The van der Waals surface area contributed by atoms with Gasteiger partial charge in [0.2, 0.25) is 0 Å². The SMILES string of the molecule is CC1C/C(=C/c2ccccc2)CCN1C(=O)OC(C)(C)C. The summed E-state index contributed by atoms with van der Waals surface area (Å²) in [6, 6.07) is 10.5. The van der Waals surface area contributed by atoms with E-state index in [1.165, 1.54) is 11.1 Å². The van der Waals surface area contributed by atoms with Crippen LogP contribution in [-0.2, 0) is 4.74 Å². The highest BCUT2D eigenvalue weighted by atomic mass is 16.6. The largest absolute Gasteiger partial charge is 0.444 e. The van der Waals surface area contributed by atoms with Crippen molar-refractivity contribution >= 4 is 12.2 Å². The van der Waals surface area contributed by atoms with Crippen molar-refractivity contribution in [3.05, 3.63) is 41.5 Å². The van der Waals surface area contributed by atoms with E-state index in [4.69, 9.17) is 4.74 Å². The highest BCUT2D eigenvalue weighted by molar-refractivity contribution is 5.69. The smallest absolute Gasteiger partial charge is 0.410 e. The molecule has 1 aromatic rings. The molecular formula is C18H25NO2. The number of ether oxygens (including phenoxy) is 1. The van der Waals surface area contributed by atoms with Crippen LogP contribution in [0.15, 0.2) is 35.9 Å². The van der Waals surface area contributed by atoms with E-state index in [1.54, 1.807) is 0 Å². The molecule has 3 heteroatoms. The monoisotopic (exact) mass is 287 g/mol. The summed E-state index contributed by atoms with van der Waals surface area (Å²) in [5, 5.41) is 0. The van der Waals surface area contributed by atoms with Crippen LogP contribution in [0.3, 0.4) is 0 Å². The second-order valence-corrected chi connectivity index (χ2v) is 6.69. The normalized spacial score (nSPS) is 21.4. The molecule has 1 aliphatic rings. The molecule has 0 saturated carbocycles. The fourth-order valence-electron chi connectivity index (χ4n) is 2.58. The van der Waals surface area contributed by atoms with Gasteiger partial charge in [-0.15, -0.1) is 0 Å². The van der Waals surface area contributed by atoms with Gasteiger partial charge in [-0.3, -0.25) is 0 Å². The Labute approximate surface area is 127 Å². The maximum Gasteiger partial charge on any atom is 0.410 e.